The quantitative estimate of drug-likeness (QED) is 0.591. The highest BCUT2D eigenvalue weighted by Crippen LogP contribution is 2.32. The molecule has 0 amide bonds. The molecule has 3 N–H and O–H groups in total. The second-order valence-electron chi connectivity index (χ2n) is 2.88. The Bertz CT molecular complexity index is 179. The maximum absolute atomic E-state index is 10.3. The van der Waals surface area contributed by atoms with Gasteiger partial charge in [-0.1, -0.05) is 11.6 Å². The van der Waals surface area contributed by atoms with E-state index in [0.717, 1.165) is 19.3 Å². The Hall–Kier alpha value is -0.830. The van der Waals surface area contributed by atoms with Crippen molar-refractivity contribution in [3.8, 4) is 0 Å². The van der Waals surface area contributed by atoms with E-state index in [2.05, 4.69) is 6.08 Å². The SMILES string of the molecule is NCCC=C1CC(C(=O)O)C1. The van der Waals surface area contributed by atoms with Crippen molar-refractivity contribution in [2.24, 2.45) is 11.7 Å². The molecule has 3 heteroatoms. The number of rotatable bonds is 3. The summed E-state index contributed by atoms with van der Waals surface area (Å²) < 4.78 is 0. The molecule has 0 aromatic heterocycles. The van der Waals surface area contributed by atoms with Gasteiger partial charge in [0.05, 0.1) is 5.92 Å². The topological polar surface area (TPSA) is 63.3 Å². The third-order valence-electron chi connectivity index (χ3n) is 1.97. The molecule has 0 spiro atoms. The summed E-state index contributed by atoms with van der Waals surface area (Å²) >= 11 is 0. The van der Waals surface area contributed by atoms with Crippen molar-refractivity contribution in [2.45, 2.75) is 19.3 Å². The number of carboxylic acid groups (broad SMARTS) is 1. The highest BCUT2D eigenvalue weighted by molar-refractivity contribution is 5.72. The molecule has 1 aliphatic rings. The first-order valence-electron chi connectivity index (χ1n) is 3.85. The first-order chi connectivity index (χ1) is 5.24. The Kier molecular flexibility index (Phi) is 2.65. The number of nitrogens with two attached hydrogens (primary N) is 1. The monoisotopic (exact) mass is 155 g/mol. The molecule has 3 nitrogen and oxygen atoms in total. The zero-order chi connectivity index (χ0) is 8.27. The Labute approximate surface area is 65.9 Å². The Balaban J connectivity index is 2.23. The molecule has 1 aliphatic carbocycles. The minimum atomic E-state index is -0.671. The lowest BCUT2D eigenvalue weighted by molar-refractivity contribution is -0.143. The summed E-state index contributed by atoms with van der Waals surface area (Å²) in [5, 5.41) is 8.52. The van der Waals surface area contributed by atoms with Gasteiger partial charge in [-0.2, -0.15) is 0 Å². The van der Waals surface area contributed by atoms with Crippen LogP contribution >= 0.6 is 0 Å². The minimum absolute atomic E-state index is 0.126. The van der Waals surface area contributed by atoms with Crippen LogP contribution in [0.25, 0.3) is 0 Å². The van der Waals surface area contributed by atoms with Gasteiger partial charge in [0.15, 0.2) is 0 Å². The highest BCUT2D eigenvalue weighted by atomic mass is 16.4. The zero-order valence-electron chi connectivity index (χ0n) is 6.42. The second-order valence-corrected chi connectivity index (χ2v) is 2.88. The summed E-state index contributed by atoms with van der Waals surface area (Å²) in [7, 11) is 0. The molecule has 0 bridgehead atoms. The van der Waals surface area contributed by atoms with E-state index in [1.54, 1.807) is 0 Å². The van der Waals surface area contributed by atoms with Crippen molar-refractivity contribution in [3.63, 3.8) is 0 Å². The maximum Gasteiger partial charge on any atom is 0.307 e. The van der Waals surface area contributed by atoms with Crippen LogP contribution < -0.4 is 5.73 Å². The van der Waals surface area contributed by atoms with E-state index >= 15 is 0 Å². The fourth-order valence-electron chi connectivity index (χ4n) is 1.20. The molecule has 0 atom stereocenters. The number of aliphatic carboxylic acids is 1. The molecular formula is C8H13NO2. The van der Waals surface area contributed by atoms with Gasteiger partial charge in [-0.15, -0.1) is 0 Å². The van der Waals surface area contributed by atoms with Gasteiger partial charge in [0.25, 0.3) is 0 Å². The van der Waals surface area contributed by atoms with Crippen LogP contribution in [-0.4, -0.2) is 17.6 Å². The maximum atomic E-state index is 10.3. The molecule has 0 aliphatic heterocycles. The molecule has 0 saturated heterocycles. The molecule has 1 rings (SSSR count). The lowest BCUT2D eigenvalue weighted by atomic mass is 9.80. The zero-order valence-corrected chi connectivity index (χ0v) is 6.42. The average Bonchev–Trinajstić information content (AvgIpc) is 1.84. The molecule has 1 saturated carbocycles. The third-order valence-corrected chi connectivity index (χ3v) is 1.97. The second kappa shape index (κ2) is 3.53. The summed E-state index contributed by atoms with van der Waals surface area (Å²) in [5.74, 6) is -0.797. The Morgan fingerprint density at radius 1 is 1.73 bits per heavy atom. The first-order valence-corrected chi connectivity index (χ1v) is 3.85. The van der Waals surface area contributed by atoms with Crippen molar-refractivity contribution in [2.75, 3.05) is 6.54 Å². The van der Waals surface area contributed by atoms with Crippen LogP contribution in [0, 0.1) is 5.92 Å². The largest absolute Gasteiger partial charge is 0.481 e. The van der Waals surface area contributed by atoms with Crippen molar-refractivity contribution in [1.82, 2.24) is 0 Å². The van der Waals surface area contributed by atoms with Crippen LogP contribution in [0.4, 0.5) is 0 Å². The Morgan fingerprint density at radius 3 is 2.82 bits per heavy atom. The summed E-state index contributed by atoms with van der Waals surface area (Å²) in [6.45, 7) is 0.654. The van der Waals surface area contributed by atoms with Crippen LogP contribution in [0.1, 0.15) is 19.3 Å². The van der Waals surface area contributed by atoms with E-state index in [9.17, 15) is 4.79 Å². The van der Waals surface area contributed by atoms with Crippen molar-refractivity contribution < 1.29 is 9.90 Å². The smallest absolute Gasteiger partial charge is 0.307 e. The van der Waals surface area contributed by atoms with Gasteiger partial charge in [-0.05, 0) is 25.8 Å². The van der Waals surface area contributed by atoms with E-state index in [0.29, 0.717) is 6.54 Å². The van der Waals surface area contributed by atoms with Crippen LogP contribution in [0.5, 0.6) is 0 Å². The molecule has 0 heterocycles. The van der Waals surface area contributed by atoms with Gasteiger partial charge >= 0.3 is 5.97 Å². The molecule has 0 aromatic carbocycles. The minimum Gasteiger partial charge on any atom is -0.481 e. The first kappa shape index (κ1) is 8.27. The highest BCUT2D eigenvalue weighted by Gasteiger charge is 2.28. The summed E-state index contributed by atoms with van der Waals surface area (Å²) in [6.07, 6.45) is 4.39. The number of hydrogen-bond acceptors (Lipinski definition) is 2. The van der Waals surface area contributed by atoms with Crippen LogP contribution in [0.2, 0.25) is 0 Å². The van der Waals surface area contributed by atoms with Crippen molar-refractivity contribution in [3.05, 3.63) is 11.6 Å². The molecule has 0 radical (unpaired) electrons. The van der Waals surface area contributed by atoms with E-state index in [4.69, 9.17) is 10.8 Å². The molecule has 1 fully saturated rings. The standard InChI is InChI=1S/C8H13NO2/c9-3-1-2-6-4-7(5-6)8(10)11/h2,7H,1,3-5,9H2,(H,10,11). The summed E-state index contributed by atoms with van der Waals surface area (Å²) in [4.78, 5) is 10.3. The number of hydrogen-bond donors (Lipinski definition) is 2. The lowest BCUT2D eigenvalue weighted by Crippen LogP contribution is -2.23. The third kappa shape index (κ3) is 2.05. The van der Waals surface area contributed by atoms with Crippen molar-refractivity contribution in [1.29, 1.82) is 0 Å². The van der Waals surface area contributed by atoms with Gasteiger partial charge < -0.3 is 10.8 Å². The predicted molar refractivity (Wildman–Crippen MR) is 42.1 cm³/mol. The summed E-state index contributed by atoms with van der Waals surface area (Å²) in [5.41, 5.74) is 6.54. The predicted octanol–water partition coefficient (Wildman–Crippen LogP) is 0.756. The van der Waals surface area contributed by atoms with E-state index < -0.39 is 5.97 Å². The lowest BCUT2D eigenvalue weighted by Gasteiger charge is -2.25. The van der Waals surface area contributed by atoms with Crippen molar-refractivity contribution >= 4 is 5.97 Å². The molecular weight excluding hydrogens is 142 g/mol. The summed E-state index contributed by atoms with van der Waals surface area (Å²) in [6, 6.07) is 0. The van der Waals surface area contributed by atoms with Gasteiger partial charge in [0, 0.05) is 0 Å². The van der Waals surface area contributed by atoms with E-state index in [1.165, 1.54) is 5.57 Å². The van der Waals surface area contributed by atoms with Crippen LogP contribution in [-0.2, 0) is 4.79 Å². The fourth-order valence-corrected chi connectivity index (χ4v) is 1.20. The van der Waals surface area contributed by atoms with Gasteiger partial charge in [0.1, 0.15) is 0 Å². The molecule has 0 unspecified atom stereocenters. The van der Waals surface area contributed by atoms with E-state index in [-0.39, 0.29) is 5.92 Å². The van der Waals surface area contributed by atoms with Gasteiger partial charge in [-0.25, -0.2) is 0 Å². The fraction of sp³-hybridized carbons (Fsp3) is 0.625. The molecule has 11 heavy (non-hydrogen) atoms. The van der Waals surface area contributed by atoms with Crippen LogP contribution in [0.3, 0.4) is 0 Å². The number of carboxylic acids is 1. The van der Waals surface area contributed by atoms with Crippen LogP contribution in [0.15, 0.2) is 11.6 Å². The number of allylic oxidation sites excluding steroid dienone is 1. The molecule has 62 valence electrons. The van der Waals surface area contributed by atoms with Gasteiger partial charge in [0.2, 0.25) is 0 Å². The van der Waals surface area contributed by atoms with Gasteiger partial charge in [-0.3, -0.25) is 4.79 Å². The normalized spacial score (nSPS) is 22.6. The average molecular weight is 155 g/mol. The number of carbonyl (C=O) groups is 1. The molecule has 0 aromatic rings. The van der Waals surface area contributed by atoms with E-state index in [1.807, 2.05) is 0 Å². The Morgan fingerprint density at radius 2 is 2.36 bits per heavy atom.